The molecule has 1 aliphatic rings. The summed E-state index contributed by atoms with van der Waals surface area (Å²) in [6.07, 6.45) is 2.25. The summed E-state index contributed by atoms with van der Waals surface area (Å²) in [5.41, 5.74) is 2.54. The third-order valence-electron chi connectivity index (χ3n) is 3.87. The van der Waals surface area contributed by atoms with Gasteiger partial charge in [-0.25, -0.2) is 0 Å². The van der Waals surface area contributed by atoms with Crippen LogP contribution >= 0.6 is 0 Å². The molecule has 0 N–H and O–H groups in total. The highest BCUT2D eigenvalue weighted by atomic mass is 16.6. The topological polar surface area (TPSA) is 46.4 Å². The van der Waals surface area contributed by atoms with Crippen LogP contribution in [0.1, 0.15) is 39.2 Å². The number of non-ortho nitro benzene ring substituents is 1. The van der Waals surface area contributed by atoms with Crippen molar-refractivity contribution < 1.29 is 4.92 Å². The van der Waals surface area contributed by atoms with Crippen molar-refractivity contribution in [1.29, 1.82) is 0 Å². The van der Waals surface area contributed by atoms with Gasteiger partial charge in [0, 0.05) is 30.9 Å². The molecule has 0 aromatic heterocycles. The molecule has 1 aromatic carbocycles. The highest BCUT2D eigenvalue weighted by molar-refractivity contribution is 5.62. The van der Waals surface area contributed by atoms with E-state index in [4.69, 9.17) is 0 Å². The summed E-state index contributed by atoms with van der Waals surface area (Å²) < 4.78 is 0. The van der Waals surface area contributed by atoms with Crippen LogP contribution in [0.15, 0.2) is 18.2 Å². The van der Waals surface area contributed by atoms with Crippen molar-refractivity contribution >= 4 is 11.4 Å². The Hall–Kier alpha value is -1.58. The van der Waals surface area contributed by atoms with Gasteiger partial charge < -0.3 is 4.90 Å². The molecule has 0 bridgehead atoms. The molecule has 1 heterocycles. The predicted octanol–water partition coefficient (Wildman–Crippen LogP) is 3.49. The van der Waals surface area contributed by atoms with Crippen molar-refractivity contribution in [3.63, 3.8) is 0 Å². The summed E-state index contributed by atoms with van der Waals surface area (Å²) in [4.78, 5) is 12.8. The second-order valence-electron chi connectivity index (χ2n) is 5.53. The number of hydrogen-bond donors (Lipinski definition) is 0. The first kappa shape index (κ1) is 12.9. The normalized spacial score (nSPS) is 18.1. The lowest BCUT2D eigenvalue weighted by Gasteiger charge is -2.27. The Morgan fingerprint density at radius 3 is 2.78 bits per heavy atom. The summed E-state index contributed by atoms with van der Waals surface area (Å²) in [5.74, 6) is 0. The summed E-state index contributed by atoms with van der Waals surface area (Å²) in [6.45, 7) is 8.41. The fourth-order valence-electron chi connectivity index (χ4n) is 2.76. The van der Waals surface area contributed by atoms with Gasteiger partial charge in [-0.05, 0) is 36.8 Å². The van der Waals surface area contributed by atoms with E-state index in [2.05, 4.69) is 25.7 Å². The van der Waals surface area contributed by atoms with Crippen molar-refractivity contribution in [1.82, 2.24) is 0 Å². The maximum Gasteiger partial charge on any atom is 0.271 e. The highest BCUT2D eigenvalue weighted by Crippen LogP contribution is 2.40. The first-order valence-corrected chi connectivity index (χ1v) is 6.49. The average molecular weight is 248 g/mol. The predicted molar refractivity (Wildman–Crippen MR) is 73.2 cm³/mol. The molecule has 4 heteroatoms. The van der Waals surface area contributed by atoms with Crippen LogP contribution in [-0.4, -0.2) is 18.0 Å². The maximum absolute atomic E-state index is 10.9. The average Bonchev–Trinajstić information content (AvgIpc) is 2.45. The van der Waals surface area contributed by atoms with E-state index in [9.17, 15) is 10.1 Å². The Labute approximate surface area is 108 Å². The van der Waals surface area contributed by atoms with Crippen LogP contribution < -0.4 is 4.90 Å². The van der Waals surface area contributed by atoms with E-state index >= 15 is 0 Å². The molecule has 0 aliphatic carbocycles. The quantitative estimate of drug-likeness (QED) is 0.594. The zero-order chi connectivity index (χ0) is 13.3. The number of nitrogens with zero attached hydrogens (tertiary/aromatic N) is 2. The minimum Gasteiger partial charge on any atom is -0.371 e. The molecule has 0 amide bonds. The van der Waals surface area contributed by atoms with Gasteiger partial charge >= 0.3 is 0 Å². The van der Waals surface area contributed by atoms with Gasteiger partial charge in [0.25, 0.3) is 5.69 Å². The smallest absolute Gasteiger partial charge is 0.271 e. The summed E-state index contributed by atoms with van der Waals surface area (Å²) in [6, 6.07) is 5.28. The van der Waals surface area contributed by atoms with Crippen LogP contribution in [0.25, 0.3) is 0 Å². The van der Waals surface area contributed by atoms with Crippen molar-refractivity contribution in [3.8, 4) is 0 Å². The first-order valence-electron chi connectivity index (χ1n) is 6.49. The van der Waals surface area contributed by atoms with Crippen LogP contribution in [0.5, 0.6) is 0 Å². The first-order chi connectivity index (χ1) is 8.45. The number of fused-ring (bicyclic) bond motifs is 1. The van der Waals surface area contributed by atoms with Gasteiger partial charge in [0.05, 0.1) is 4.92 Å². The fraction of sp³-hybridized carbons (Fsp3) is 0.571. The molecular formula is C14H20N2O2. The van der Waals surface area contributed by atoms with Crippen LogP contribution in [0.4, 0.5) is 11.4 Å². The van der Waals surface area contributed by atoms with Gasteiger partial charge in [0.15, 0.2) is 0 Å². The zero-order valence-electron chi connectivity index (χ0n) is 11.3. The summed E-state index contributed by atoms with van der Waals surface area (Å²) in [7, 11) is 0. The Bertz CT molecular complexity index is 469. The van der Waals surface area contributed by atoms with E-state index in [0.29, 0.717) is 0 Å². The molecule has 0 atom stereocenters. The number of benzene rings is 1. The molecule has 18 heavy (non-hydrogen) atoms. The number of rotatable bonds is 2. The molecular weight excluding hydrogens is 228 g/mol. The summed E-state index contributed by atoms with van der Waals surface area (Å²) >= 11 is 0. The molecule has 4 nitrogen and oxygen atoms in total. The van der Waals surface area contributed by atoms with Crippen molar-refractivity contribution in [3.05, 3.63) is 33.9 Å². The molecule has 98 valence electrons. The van der Waals surface area contributed by atoms with E-state index in [1.54, 1.807) is 12.1 Å². The van der Waals surface area contributed by atoms with Crippen molar-refractivity contribution in [2.24, 2.45) is 0 Å². The molecule has 0 fully saturated rings. The van der Waals surface area contributed by atoms with Crippen LogP contribution in [0, 0.1) is 10.1 Å². The van der Waals surface area contributed by atoms with Gasteiger partial charge in [-0.15, -0.1) is 0 Å². The molecule has 0 radical (unpaired) electrons. The molecule has 0 saturated carbocycles. The number of anilines is 1. The maximum atomic E-state index is 10.9. The van der Waals surface area contributed by atoms with Crippen molar-refractivity contribution in [2.75, 3.05) is 18.0 Å². The molecule has 1 aliphatic heterocycles. The molecule has 0 saturated heterocycles. The molecule has 0 spiro atoms. The standard InChI is InChI=1S/C14H20N2O2/c1-4-15-9-5-8-14(2,3)12-7-6-11(16(17)18)10-13(12)15/h6-7,10H,4-5,8-9H2,1-3H3. The highest BCUT2D eigenvalue weighted by Gasteiger charge is 2.29. The lowest BCUT2D eigenvalue weighted by Crippen LogP contribution is -2.24. The van der Waals surface area contributed by atoms with Gasteiger partial charge in [0.2, 0.25) is 0 Å². The fourth-order valence-corrected chi connectivity index (χ4v) is 2.76. The molecule has 1 aromatic rings. The van der Waals surface area contributed by atoms with E-state index in [1.165, 1.54) is 5.56 Å². The van der Waals surface area contributed by atoms with E-state index in [-0.39, 0.29) is 16.0 Å². The zero-order valence-corrected chi connectivity index (χ0v) is 11.3. The van der Waals surface area contributed by atoms with Gasteiger partial charge in [0.1, 0.15) is 0 Å². The van der Waals surface area contributed by atoms with Gasteiger partial charge in [-0.3, -0.25) is 10.1 Å². The van der Waals surface area contributed by atoms with Crippen LogP contribution in [-0.2, 0) is 5.41 Å². The van der Waals surface area contributed by atoms with Crippen molar-refractivity contribution in [2.45, 2.75) is 39.0 Å². The SMILES string of the molecule is CCN1CCCC(C)(C)c2ccc([N+](=O)[O-])cc21. The lowest BCUT2D eigenvalue weighted by atomic mass is 9.80. The monoisotopic (exact) mass is 248 g/mol. The van der Waals surface area contributed by atoms with Gasteiger partial charge in [-0.2, -0.15) is 0 Å². The third kappa shape index (κ3) is 2.19. The number of hydrogen-bond acceptors (Lipinski definition) is 3. The van der Waals surface area contributed by atoms with E-state index < -0.39 is 0 Å². The number of nitro benzene ring substituents is 1. The van der Waals surface area contributed by atoms with E-state index in [1.807, 2.05) is 6.07 Å². The Balaban J connectivity index is 2.57. The largest absolute Gasteiger partial charge is 0.371 e. The Morgan fingerprint density at radius 1 is 1.44 bits per heavy atom. The van der Waals surface area contributed by atoms with E-state index in [0.717, 1.165) is 31.6 Å². The lowest BCUT2D eigenvalue weighted by molar-refractivity contribution is -0.384. The second-order valence-corrected chi connectivity index (χ2v) is 5.53. The third-order valence-corrected chi connectivity index (χ3v) is 3.87. The summed E-state index contributed by atoms with van der Waals surface area (Å²) in [5, 5.41) is 10.9. The van der Waals surface area contributed by atoms with Crippen LogP contribution in [0.2, 0.25) is 0 Å². The molecule has 0 unspecified atom stereocenters. The second kappa shape index (κ2) is 4.59. The van der Waals surface area contributed by atoms with Crippen LogP contribution in [0.3, 0.4) is 0 Å². The minimum absolute atomic E-state index is 0.0916. The molecule has 2 rings (SSSR count). The van der Waals surface area contributed by atoms with Gasteiger partial charge in [-0.1, -0.05) is 13.8 Å². The minimum atomic E-state index is -0.313. The Morgan fingerprint density at radius 2 is 2.17 bits per heavy atom. The number of nitro groups is 1. The Kier molecular flexibility index (Phi) is 3.28.